The van der Waals surface area contributed by atoms with Crippen molar-refractivity contribution in [2.75, 3.05) is 7.11 Å². The highest BCUT2D eigenvalue weighted by Crippen LogP contribution is 2.38. The van der Waals surface area contributed by atoms with Gasteiger partial charge in [-0.2, -0.15) is 0 Å². The van der Waals surface area contributed by atoms with Crippen LogP contribution in [-0.2, 0) is 4.74 Å². The third-order valence-corrected chi connectivity index (χ3v) is 4.60. The number of hydrogen-bond acceptors (Lipinski definition) is 2. The topological polar surface area (TPSA) is 26.3 Å². The van der Waals surface area contributed by atoms with E-state index in [-0.39, 0.29) is 5.97 Å². The van der Waals surface area contributed by atoms with Crippen LogP contribution in [0, 0.1) is 0 Å². The van der Waals surface area contributed by atoms with Gasteiger partial charge in [0.1, 0.15) is 0 Å². The Kier molecular flexibility index (Phi) is 4.24. The fourth-order valence-electron chi connectivity index (χ4n) is 3.42. The molecule has 4 aromatic rings. The SMILES string of the molecule is COC(=O)c1cc(-c2ccccc2)c2ccccc2c1-c1ccccc1. The average Bonchev–Trinajstić information content (AvgIpc) is 2.73. The van der Waals surface area contributed by atoms with Gasteiger partial charge in [0, 0.05) is 5.56 Å². The first kappa shape index (κ1) is 16.1. The van der Waals surface area contributed by atoms with Gasteiger partial charge in [-0.3, -0.25) is 0 Å². The van der Waals surface area contributed by atoms with E-state index < -0.39 is 0 Å². The van der Waals surface area contributed by atoms with Crippen LogP contribution in [-0.4, -0.2) is 13.1 Å². The predicted molar refractivity (Wildman–Crippen MR) is 106 cm³/mol. The first-order valence-corrected chi connectivity index (χ1v) is 8.54. The lowest BCUT2D eigenvalue weighted by Crippen LogP contribution is -2.05. The molecule has 0 bridgehead atoms. The molecule has 0 amide bonds. The second kappa shape index (κ2) is 6.85. The van der Waals surface area contributed by atoms with E-state index in [1.165, 1.54) is 7.11 Å². The second-order valence-electron chi connectivity index (χ2n) is 6.12. The minimum Gasteiger partial charge on any atom is -0.465 e. The maximum Gasteiger partial charge on any atom is 0.338 e. The minimum absolute atomic E-state index is 0.327. The van der Waals surface area contributed by atoms with Gasteiger partial charge in [0.25, 0.3) is 0 Å². The summed E-state index contributed by atoms with van der Waals surface area (Å²) in [4.78, 5) is 12.6. The van der Waals surface area contributed by atoms with Crippen molar-refractivity contribution >= 4 is 16.7 Å². The molecule has 0 unspecified atom stereocenters. The van der Waals surface area contributed by atoms with Crippen LogP contribution in [0.5, 0.6) is 0 Å². The monoisotopic (exact) mass is 338 g/mol. The Balaban J connectivity index is 2.13. The molecule has 4 rings (SSSR count). The number of fused-ring (bicyclic) bond motifs is 1. The Bertz CT molecular complexity index is 1070. The Morgan fingerprint density at radius 1 is 0.692 bits per heavy atom. The van der Waals surface area contributed by atoms with Crippen LogP contribution >= 0.6 is 0 Å². The van der Waals surface area contributed by atoms with E-state index in [4.69, 9.17) is 4.74 Å². The summed E-state index contributed by atoms with van der Waals surface area (Å²) in [7, 11) is 1.43. The van der Waals surface area contributed by atoms with Gasteiger partial charge in [-0.05, 0) is 33.5 Å². The predicted octanol–water partition coefficient (Wildman–Crippen LogP) is 5.96. The number of esters is 1. The van der Waals surface area contributed by atoms with E-state index in [9.17, 15) is 4.79 Å². The normalized spacial score (nSPS) is 10.7. The van der Waals surface area contributed by atoms with Crippen molar-refractivity contribution in [1.82, 2.24) is 0 Å². The molecule has 126 valence electrons. The summed E-state index contributed by atoms with van der Waals surface area (Å²) in [6.07, 6.45) is 0. The molecule has 0 aliphatic heterocycles. The summed E-state index contributed by atoms with van der Waals surface area (Å²) in [5.41, 5.74) is 4.60. The van der Waals surface area contributed by atoms with Crippen molar-refractivity contribution in [1.29, 1.82) is 0 Å². The molecule has 4 aromatic carbocycles. The van der Waals surface area contributed by atoms with Crippen LogP contribution in [0.2, 0.25) is 0 Å². The van der Waals surface area contributed by atoms with Crippen molar-refractivity contribution < 1.29 is 9.53 Å². The molecule has 0 heterocycles. The van der Waals surface area contributed by atoms with Gasteiger partial charge in [-0.15, -0.1) is 0 Å². The zero-order valence-corrected chi connectivity index (χ0v) is 14.5. The van der Waals surface area contributed by atoms with Crippen LogP contribution in [0.4, 0.5) is 0 Å². The Morgan fingerprint density at radius 2 is 1.23 bits per heavy atom. The number of methoxy groups -OCH3 is 1. The van der Waals surface area contributed by atoms with Crippen molar-refractivity contribution in [3.8, 4) is 22.3 Å². The summed E-state index contributed by atoms with van der Waals surface area (Å²) in [6.45, 7) is 0. The first-order valence-electron chi connectivity index (χ1n) is 8.54. The van der Waals surface area contributed by atoms with Gasteiger partial charge in [-0.25, -0.2) is 4.79 Å². The van der Waals surface area contributed by atoms with Gasteiger partial charge >= 0.3 is 5.97 Å². The summed E-state index contributed by atoms with van der Waals surface area (Å²) < 4.78 is 5.10. The molecular formula is C24H18O2. The molecule has 0 aliphatic carbocycles. The Labute approximate surface area is 152 Å². The largest absolute Gasteiger partial charge is 0.465 e. The van der Waals surface area contributed by atoms with Gasteiger partial charge in [0.05, 0.1) is 12.7 Å². The fraction of sp³-hybridized carbons (Fsp3) is 0.0417. The Morgan fingerprint density at radius 3 is 1.85 bits per heavy atom. The van der Waals surface area contributed by atoms with E-state index in [0.717, 1.165) is 33.0 Å². The highest BCUT2D eigenvalue weighted by molar-refractivity contribution is 6.13. The molecule has 0 radical (unpaired) electrons. The van der Waals surface area contributed by atoms with Crippen LogP contribution in [0.1, 0.15) is 10.4 Å². The van der Waals surface area contributed by atoms with Crippen molar-refractivity contribution in [3.63, 3.8) is 0 Å². The van der Waals surface area contributed by atoms with Gasteiger partial charge in [0.2, 0.25) is 0 Å². The maximum atomic E-state index is 12.6. The molecule has 2 heteroatoms. The second-order valence-corrected chi connectivity index (χ2v) is 6.12. The van der Waals surface area contributed by atoms with Crippen LogP contribution in [0.15, 0.2) is 91.0 Å². The summed E-state index contributed by atoms with van der Waals surface area (Å²) >= 11 is 0. The standard InChI is InChI=1S/C24H18O2/c1-26-24(25)22-16-21(17-10-4-2-5-11-17)19-14-8-9-15-20(19)23(22)18-12-6-3-7-13-18/h2-16H,1H3. The number of rotatable bonds is 3. The zero-order valence-electron chi connectivity index (χ0n) is 14.5. The number of benzene rings is 4. The van der Waals surface area contributed by atoms with E-state index >= 15 is 0 Å². The molecule has 0 aliphatic rings. The molecule has 0 aromatic heterocycles. The van der Waals surface area contributed by atoms with E-state index in [2.05, 4.69) is 24.3 Å². The van der Waals surface area contributed by atoms with Crippen LogP contribution < -0.4 is 0 Å². The number of ether oxygens (including phenoxy) is 1. The molecule has 26 heavy (non-hydrogen) atoms. The smallest absolute Gasteiger partial charge is 0.338 e. The van der Waals surface area contributed by atoms with E-state index in [1.807, 2.05) is 66.7 Å². The van der Waals surface area contributed by atoms with Crippen molar-refractivity contribution in [2.45, 2.75) is 0 Å². The van der Waals surface area contributed by atoms with Gasteiger partial charge in [-0.1, -0.05) is 84.9 Å². The lowest BCUT2D eigenvalue weighted by atomic mass is 9.88. The molecule has 0 saturated heterocycles. The van der Waals surface area contributed by atoms with E-state index in [1.54, 1.807) is 0 Å². The molecule has 0 N–H and O–H groups in total. The third-order valence-electron chi connectivity index (χ3n) is 4.60. The Hall–Kier alpha value is -3.39. The zero-order chi connectivity index (χ0) is 17.9. The molecule has 2 nitrogen and oxygen atoms in total. The molecular weight excluding hydrogens is 320 g/mol. The molecule has 0 spiro atoms. The summed E-state index contributed by atoms with van der Waals surface area (Å²) in [6, 6.07) is 30.3. The molecule has 0 atom stereocenters. The van der Waals surface area contributed by atoms with E-state index in [0.29, 0.717) is 5.56 Å². The minimum atomic E-state index is -0.327. The van der Waals surface area contributed by atoms with Gasteiger partial charge in [0.15, 0.2) is 0 Å². The van der Waals surface area contributed by atoms with Gasteiger partial charge < -0.3 is 4.74 Å². The number of carbonyl (C=O) groups is 1. The average molecular weight is 338 g/mol. The van der Waals surface area contributed by atoms with Crippen LogP contribution in [0.3, 0.4) is 0 Å². The number of hydrogen-bond donors (Lipinski definition) is 0. The quantitative estimate of drug-likeness (QED) is 0.431. The molecule has 0 saturated carbocycles. The van der Waals surface area contributed by atoms with Crippen molar-refractivity contribution in [3.05, 3.63) is 96.6 Å². The molecule has 0 fully saturated rings. The highest BCUT2D eigenvalue weighted by Gasteiger charge is 2.19. The lowest BCUT2D eigenvalue weighted by molar-refractivity contribution is 0.0602. The summed E-state index contributed by atoms with van der Waals surface area (Å²) in [5, 5.41) is 2.16. The van der Waals surface area contributed by atoms with Crippen LogP contribution in [0.25, 0.3) is 33.0 Å². The lowest BCUT2D eigenvalue weighted by Gasteiger charge is -2.16. The highest BCUT2D eigenvalue weighted by atomic mass is 16.5. The third kappa shape index (κ3) is 2.76. The maximum absolute atomic E-state index is 12.6. The fourth-order valence-corrected chi connectivity index (χ4v) is 3.42. The first-order chi connectivity index (χ1) is 12.8. The summed E-state index contributed by atoms with van der Waals surface area (Å²) in [5.74, 6) is -0.327. The number of carbonyl (C=O) groups excluding carboxylic acids is 1. The van der Waals surface area contributed by atoms with Crippen molar-refractivity contribution in [2.24, 2.45) is 0 Å².